The van der Waals surface area contributed by atoms with Crippen LogP contribution in [-0.2, 0) is 43.1 Å². The van der Waals surface area contributed by atoms with E-state index in [0.29, 0.717) is 25.7 Å². The third-order valence-electron chi connectivity index (χ3n) is 13.3. The van der Waals surface area contributed by atoms with E-state index in [1.165, 1.54) is 64.1 Å². The number of ether oxygens (including phenoxy) is 2. The molecule has 0 radical (unpaired) electrons. The maximum atomic E-state index is 12.3. The van der Waals surface area contributed by atoms with Crippen molar-refractivity contribution in [2.75, 3.05) is 47.8 Å². The number of hydrazine groups is 1. The number of nitrogens with one attached hydrogen (secondary N) is 4. The van der Waals surface area contributed by atoms with Crippen molar-refractivity contribution in [3.8, 4) is 22.5 Å². The Morgan fingerprint density at radius 1 is 0.488 bits per heavy atom. The fraction of sp³-hybridized carbons (Fsp3) is 0.389. The lowest BCUT2D eigenvalue weighted by Gasteiger charge is -2.26. The first kappa shape index (κ1) is 74.2. The van der Waals surface area contributed by atoms with Gasteiger partial charge in [0.05, 0.1) is 32.0 Å². The van der Waals surface area contributed by atoms with Crippen LogP contribution in [0.1, 0.15) is 159 Å². The van der Waals surface area contributed by atoms with E-state index in [9.17, 15) is 19.2 Å². The van der Waals surface area contributed by atoms with E-state index in [-0.39, 0.29) is 41.4 Å². The number of fused-ring (bicyclic) bond motifs is 11. The number of nitrogen functional groups attached to an aromatic ring is 1. The van der Waals surface area contributed by atoms with Crippen LogP contribution >= 0.6 is 0 Å². The van der Waals surface area contributed by atoms with Gasteiger partial charge in [-0.3, -0.25) is 25.0 Å². The number of hydrogen-bond donors (Lipinski definition) is 5. The van der Waals surface area contributed by atoms with Crippen LogP contribution in [0.15, 0.2) is 152 Å². The van der Waals surface area contributed by atoms with Crippen LogP contribution in [0.5, 0.6) is 0 Å². The van der Waals surface area contributed by atoms with Gasteiger partial charge in [-0.15, -0.1) is 0 Å². The lowest BCUT2D eigenvalue weighted by molar-refractivity contribution is -0.142. The maximum Gasteiger partial charge on any atom is 0.306 e. The number of nitrogens with zero attached hydrogens (tertiary/aromatic N) is 1. The third-order valence-corrected chi connectivity index (χ3v) is 13.3. The van der Waals surface area contributed by atoms with Gasteiger partial charge in [-0.05, 0) is 97.3 Å². The molecule has 6 aromatic carbocycles. The van der Waals surface area contributed by atoms with Gasteiger partial charge in [0.2, 0.25) is 5.91 Å². The normalized spacial score (nSPS) is 13.7. The Kier molecular flexibility index (Phi) is 37.2. The van der Waals surface area contributed by atoms with E-state index in [4.69, 9.17) is 10.6 Å². The van der Waals surface area contributed by atoms with Crippen LogP contribution in [0.3, 0.4) is 0 Å². The highest BCUT2D eigenvalue weighted by atomic mass is 16.5. The van der Waals surface area contributed by atoms with Gasteiger partial charge >= 0.3 is 11.9 Å². The SMILES string of the molecule is CC.CC.CC.CC.CC.CC.CN(C)C(=O)CC1Cc2ccccc2-c2[nH]c3ccccc3c21.CNC.COC(=O)CC1CC(=O)c2ccccc2C1.COC(=O)CC1Cc2ccccc2-c2[nH]c3ccccc3c21.NNc1ccccc1. The molecule has 0 saturated carbocycles. The summed E-state index contributed by atoms with van der Waals surface area (Å²) in [4.78, 5) is 55.9. The number of Topliss-reactive ketones (excluding diaryl/α,β-unsaturated/α-hetero) is 1. The second kappa shape index (κ2) is 42.1. The van der Waals surface area contributed by atoms with Gasteiger partial charge in [0.25, 0.3) is 0 Å². The Bertz CT molecular complexity index is 3120. The largest absolute Gasteiger partial charge is 0.469 e. The third kappa shape index (κ3) is 21.1. The van der Waals surface area contributed by atoms with Gasteiger partial charge in [0.15, 0.2) is 5.78 Å². The molecule has 11 rings (SSSR count). The molecule has 0 aliphatic heterocycles. The Labute approximate surface area is 504 Å². The number of para-hydroxylation sites is 3. The Balaban J connectivity index is 0.000000539. The molecule has 84 heavy (non-hydrogen) atoms. The molecule has 2 heterocycles. The number of carbonyl (C=O) groups excluding carboxylic acids is 4. The molecule has 3 atom stereocenters. The summed E-state index contributed by atoms with van der Waals surface area (Å²) in [6.45, 7) is 24.0. The summed E-state index contributed by atoms with van der Waals surface area (Å²) in [5.74, 6) is 5.51. The molecular formula is C72H102N6O6. The summed E-state index contributed by atoms with van der Waals surface area (Å²) in [6, 6.07) is 50.8. The smallest absolute Gasteiger partial charge is 0.306 e. The zero-order valence-electron chi connectivity index (χ0n) is 54.1. The van der Waals surface area contributed by atoms with Crippen molar-refractivity contribution in [1.29, 1.82) is 0 Å². The van der Waals surface area contributed by atoms with Crippen molar-refractivity contribution in [2.24, 2.45) is 11.8 Å². The van der Waals surface area contributed by atoms with Crippen LogP contribution < -0.4 is 16.6 Å². The van der Waals surface area contributed by atoms with Crippen molar-refractivity contribution >= 4 is 51.1 Å². The molecule has 1 amide bonds. The molecule has 0 saturated heterocycles. The molecule has 6 N–H and O–H groups in total. The van der Waals surface area contributed by atoms with Gasteiger partial charge in [-0.1, -0.05) is 210 Å². The zero-order valence-corrected chi connectivity index (χ0v) is 54.1. The fourth-order valence-electron chi connectivity index (χ4n) is 9.97. The van der Waals surface area contributed by atoms with Crippen LogP contribution in [0.4, 0.5) is 5.69 Å². The number of ketones is 1. The molecule has 3 aliphatic rings. The molecule has 2 aromatic heterocycles. The first-order valence-corrected chi connectivity index (χ1v) is 30.4. The number of anilines is 1. The number of nitrogens with two attached hydrogens (primary N) is 1. The summed E-state index contributed by atoms with van der Waals surface area (Å²) in [6.07, 6.45) is 4.33. The molecule has 3 aliphatic carbocycles. The molecule has 0 bridgehead atoms. The minimum Gasteiger partial charge on any atom is -0.469 e. The van der Waals surface area contributed by atoms with Crippen LogP contribution in [0, 0.1) is 5.92 Å². The summed E-state index contributed by atoms with van der Waals surface area (Å²) >= 11 is 0. The standard InChI is InChI=1S/C20H20N2O.C19H17NO2.C13H14O3.C6H8N2.C2H7N.6C2H6/c1-22(2)18(23)12-14-11-13-7-3-4-8-15(13)20-19(14)16-9-5-6-10-17(16)21-20;1-22-17(21)11-13-10-12-6-2-3-7-14(12)19-18(13)15-8-4-5-9-16(15)20-19;1-16-13(15)8-9-6-10-4-2-3-5-11(10)12(14)7-9;7-8-6-4-2-1-3-5-6;1-3-2;6*1-2/h3-10,14,21H,11-12H2,1-2H3;2-9,13,20H,10-11H2,1H3;2-5,9H,6-8H2,1H3;1-5,8H,7H2;3H,1-2H3;6*1-2H3. The molecule has 3 unspecified atom stereocenters. The minimum atomic E-state index is -0.239. The summed E-state index contributed by atoms with van der Waals surface area (Å²) in [5, 5.41) is 5.20. The average Bonchev–Trinajstić information content (AvgIpc) is 2.02. The number of methoxy groups -OCH3 is 2. The lowest BCUT2D eigenvalue weighted by Crippen LogP contribution is -2.25. The topological polar surface area (TPSA) is 172 Å². The Hall–Kier alpha value is -7.80. The van der Waals surface area contributed by atoms with Gasteiger partial charge in [0.1, 0.15) is 0 Å². The second-order valence-electron chi connectivity index (χ2n) is 18.5. The number of esters is 2. The molecule has 8 aromatic rings. The van der Waals surface area contributed by atoms with Gasteiger partial charge in [-0.2, -0.15) is 0 Å². The summed E-state index contributed by atoms with van der Waals surface area (Å²) < 4.78 is 9.52. The quantitative estimate of drug-likeness (QED) is 0.0592. The molecule has 0 spiro atoms. The van der Waals surface area contributed by atoms with Crippen LogP contribution in [0.25, 0.3) is 44.3 Å². The molecule has 12 heteroatoms. The van der Waals surface area contributed by atoms with Gasteiger partial charge in [0, 0.05) is 83.5 Å². The number of H-pyrrole nitrogens is 2. The number of amides is 1. The molecule has 0 fully saturated rings. The Morgan fingerprint density at radius 3 is 1.25 bits per heavy atom. The second-order valence-corrected chi connectivity index (χ2v) is 18.5. The van der Waals surface area contributed by atoms with E-state index in [2.05, 4.69) is 110 Å². The summed E-state index contributed by atoms with van der Waals surface area (Å²) in [7, 11) is 10.2. The minimum absolute atomic E-state index is 0.0925. The van der Waals surface area contributed by atoms with Crippen molar-refractivity contribution in [2.45, 2.75) is 140 Å². The summed E-state index contributed by atoms with van der Waals surface area (Å²) in [5.41, 5.74) is 17.6. The first-order valence-electron chi connectivity index (χ1n) is 30.4. The molecule has 12 nitrogen and oxygen atoms in total. The van der Waals surface area contributed by atoms with E-state index in [1.807, 2.05) is 178 Å². The number of carbonyl (C=O) groups is 4. The van der Waals surface area contributed by atoms with E-state index in [1.54, 1.807) is 4.90 Å². The predicted molar refractivity (Wildman–Crippen MR) is 357 cm³/mol. The van der Waals surface area contributed by atoms with E-state index in [0.717, 1.165) is 52.8 Å². The predicted octanol–water partition coefficient (Wildman–Crippen LogP) is 17.0. The van der Waals surface area contributed by atoms with Crippen molar-refractivity contribution < 1.29 is 28.7 Å². The lowest BCUT2D eigenvalue weighted by atomic mass is 9.79. The average molecular weight is 1150 g/mol. The van der Waals surface area contributed by atoms with Crippen molar-refractivity contribution in [3.63, 3.8) is 0 Å². The van der Waals surface area contributed by atoms with E-state index >= 15 is 0 Å². The van der Waals surface area contributed by atoms with E-state index < -0.39 is 0 Å². The van der Waals surface area contributed by atoms with Gasteiger partial charge in [-0.25, -0.2) is 0 Å². The molecular weight excluding hydrogens is 1040 g/mol. The zero-order chi connectivity index (χ0) is 63.1. The van der Waals surface area contributed by atoms with Gasteiger partial charge < -0.3 is 35.1 Å². The van der Waals surface area contributed by atoms with Crippen molar-refractivity contribution in [1.82, 2.24) is 20.2 Å². The number of rotatable bonds is 7. The highest BCUT2D eigenvalue weighted by Crippen LogP contribution is 2.46. The number of aromatic amines is 2. The van der Waals surface area contributed by atoms with Crippen LogP contribution in [-0.4, -0.2) is 80.9 Å². The maximum absolute atomic E-state index is 12.3. The highest BCUT2D eigenvalue weighted by Gasteiger charge is 2.32. The van der Waals surface area contributed by atoms with Crippen molar-refractivity contribution in [3.05, 3.63) is 185 Å². The number of benzene rings is 6. The fourth-order valence-corrected chi connectivity index (χ4v) is 9.97. The van der Waals surface area contributed by atoms with Crippen LogP contribution in [0.2, 0.25) is 0 Å². The monoisotopic (exact) mass is 1150 g/mol. The molecule has 456 valence electrons. The number of aromatic nitrogens is 2. The highest BCUT2D eigenvalue weighted by molar-refractivity contribution is 5.99. The Morgan fingerprint density at radius 2 is 0.845 bits per heavy atom. The number of hydrogen-bond acceptors (Lipinski definition) is 9. The first-order chi connectivity index (χ1) is 41.0.